The Hall–Kier alpha value is -2.61. The molecule has 1 aromatic rings. The number of nitrogens with zero attached hydrogens (tertiary/aromatic N) is 1. The van der Waals surface area contributed by atoms with Crippen LogP contribution in [-0.2, 0) is 9.53 Å². The molecule has 0 fully saturated rings. The number of rotatable bonds is 6. The van der Waals surface area contributed by atoms with Crippen LogP contribution in [0.1, 0.15) is 35.7 Å². The maximum atomic E-state index is 11.7. The molecular formula is C16H18N2O3. The smallest absolute Gasteiger partial charge is 0.348 e. The van der Waals surface area contributed by atoms with E-state index in [0.717, 1.165) is 12.8 Å². The summed E-state index contributed by atoms with van der Waals surface area (Å²) in [5.74, 6) is -0.814. The molecule has 1 aromatic carbocycles. The third-order valence-electron chi connectivity index (χ3n) is 2.78. The van der Waals surface area contributed by atoms with Gasteiger partial charge in [0, 0.05) is 12.6 Å². The van der Waals surface area contributed by atoms with Crippen LogP contribution in [0.3, 0.4) is 0 Å². The minimum Gasteiger partial charge on any atom is -0.462 e. The highest BCUT2D eigenvalue weighted by atomic mass is 16.5. The van der Waals surface area contributed by atoms with Crippen molar-refractivity contribution < 1.29 is 14.3 Å². The Bertz CT molecular complexity index is 568. The molecule has 0 radical (unpaired) electrons. The molecule has 0 bridgehead atoms. The summed E-state index contributed by atoms with van der Waals surface area (Å²) in [7, 11) is 1.55. The van der Waals surface area contributed by atoms with Gasteiger partial charge in [0.1, 0.15) is 11.6 Å². The molecule has 0 spiro atoms. The molecule has 1 amide bonds. The predicted molar refractivity (Wildman–Crippen MR) is 79.3 cm³/mol. The minimum atomic E-state index is -0.624. The number of unbranched alkanes of at least 4 members (excludes halogenated alkanes) is 1. The molecule has 0 atom stereocenters. The fraction of sp³-hybridized carbons (Fsp3) is 0.312. The number of nitrogens with one attached hydrogen (secondary N) is 1. The van der Waals surface area contributed by atoms with Crippen LogP contribution in [-0.4, -0.2) is 25.5 Å². The summed E-state index contributed by atoms with van der Waals surface area (Å²) in [6.07, 6.45) is 3.13. The maximum absolute atomic E-state index is 11.7. The van der Waals surface area contributed by atoms with Crippen LogP contribution in [0.2, 0.25) is 0 Å². The van der Waals surface area contributed by atoms with Crippen molar-refractivity contribution in [3.8, 4) is 6.07 Å². The Morgan fingerprint density at radius 1 is 1.33 bits per heavy atom. The van der Waals surface area contributed by atoms with Crippen molar-refractivity contribution in [2.45, 2.75) is 19.8 Å². The van der Waals surface area contributed by atoms with Gasteiger partial charge in [0.25, 0.3) is 5.91 Å². The van der Waals surface area contributed by atoms with Crippen LogP contribution >= 0.6 is 0 Å². The van der Waals surface area contributed by atoms with Crippen LogP contribution in [0.25, 0.3) is 6.08 Å². The molecule has 0 saturated carbocycles. The fourth-order valence-electron chi connectivity index (χ4n) is 1.57. The number of carbonyl (C=O) groups excluding carboxylic acids is 2. The van der Waals surface area contributed by atoms with E-state index >= 15 is 0 Å². The zero-order valence-electron chi connectivity index (χ0n) is 12.2. The minimum absolute atomic E-state index is 0.0567. The maximum Gasteiger partial charge on any atom is 0.348 e. The summed E-state index contributed by atoms with van der Waals surface area (Å²) >= 11 is 0. The average Bonchev–Trinajstić information content (AvgIpc) is 2.52. The van der Waals surface area contributed by atoms with Gasteiger partial charge in [0.05, 0.1) is 6.61 Å². The Labute approximate surface area is 124 Å². The topological polar surface area (TPSA) is 79.2 Å². The van der Waals surface area contributed by atoms with Gasteiger partial charge < -0.3 is 10.1 Å². The number of hydrogen-bond acceptors (Lipinski definition) is 4. The monoisotopic (exact) mass is 286 g/mol. The first kappa shape index (κ1) is 16.4. The van der Waals surface area contributed by atoms with Gasteiger partial charge in [0.15, 0.2) is 0 Å². The third kappa shape index (κ3) is 5.11. The van der Waals surface area contributed by atoms with Crippen LogP contribution in [0, 0.1) is 11.3 Å². The van der Waals surface area contributed by atoms with Gasteiger partial charge in [-0.25, -0.2) is 4.79 Å². The highest BCUT2D eigenvalue weighted by molar-refractivity contribution is 5.98. The summed E-state index contributed by atoms with van der Waals surface area (Å²) in [4.78, 5) is 23.1. The number of carbonyl (C=O) groups is 2. The molecule has 1 N–H and O–H groups in total. The first-order valence-corrected chi connectivity index (χ1v) is 6.73. The van der Waals surface area contributed by atoms with Gasteiger partial charge in [-0.15, -0.1) is 0 Å². The molecule has 0 aliphatic rings. The van der Waals surface area contributed by atoms with Gasteiger partial charge in [-0.2, -0.15) is 5.26 Å². The highest BCUT2D eigenvalue weighted by Crippen LogP contribution is 2.10. The van der Waals surface area contributed by atoms with E-state index in [1.165, 1.54) is 6.08 Å². The number of nitriles is 1. The van der Waals surface area contributed by atoms with E-state index in [9.17, 15) is 9.59 Å². The first-order valence-electron chi connectivity index (χ1n) is 6.73. The van der Waals surface area contributed by atoms with Crippen molar-refractivity contribution in [3.05, 3.63) is 41.0 Å². The first-order chi connectivity index (χ1) is 10.1. The lowest BCUT2D eigenvalue weighted by Crippen LogP contribution is -2.17. The van der Waals surface area contributed by atoms with E-state index < -0.39 is 5.97 Å². The zero-order chi connectivity index (χ0) is 15.7. The number of hydrogen-bond donors (Lipinski definition) is 1. The predicted octanol–water partition coefficient (Wildman–Crippen LogP) is 2.30. The summed E-state index contributed by atoms with van der Waals surface area (Å²) in [6.45, 7) is 2.30. The van der Waals surface area contributed by atoms with Crippen LogP contribution in [0.15, 0.2) is 29.8 Å². The second kappa shape index (κ2) is 8.54. The molecule has 0 saturated heterocycles. The molecular weight excluding hydrogens is 268 g/mol. The standard InChI is InChI=1S/C16H18N2O3/c1-3-4-9-21-16(20)14(11-17)10-12-5-7-13(8-6-12)15(19)18-2/h5-8,10H,3-4,9H2,1-2H3,(H,18,19)/b14-10-. The molecule has 5 heteroatoms. The largest absolute Gasteiger partial charge is 0.462 e. The van der Waals surface area contributed by atoms with Crippen molar-refractivity contribution in [3.63, 3.8) is 0 Å². The van der Waals surface area contributed by atoms with Crippen molar-refractivity contribution in [1.29, 1.82) is 5.26 Å². The number of benzene rings is 1. The van der Waals surface area contributed by atoms with E-state index in [0.29, 0.717) is 17.7 Å². The molecule has 0 aliphatic carbocycles. The Kier molecular flexibility index (Phi) is 6.69. The lowest BCUT2D eigenvalue weighted by atomic mass is 10.1. The summed E-state index contributed by atoms with van der Waals surface area (Å²) in [5, 5.41) is 11.5. The second-order valence-corrected chi connectivity index (χ2v) is 4.36. The van der Waals surface area contributed by atoms with Crippen LogP contribution in [0.4, 0.5) is 0 Å². The number of ether oxygens (including phenoxy) is 1. The normalized spacial score (nSPS) is 10.6. The van der Waals surface area contributed by atoms with Gasteiger partial charge in [-0.05, 0) is 30.2 Å². The summed E-state index contributed by atoms with van der Waals surface area (Å²) < 4.78 is 4.99. The molecule has 0 unspecified atom stereocenters. The molecule has 0 aliphatic heterocycles. The zero-order valence-corrected chi connectivity index (χ0v) is 12.2. The molecule has 1 rings (SSSR count). The lowest BCUT2D eigenvalue weighted by Gasteiger charge is -2.03. The van der Waals surface area contributed by atoms with Gasteiger partial charge in [0.2, 0.25) is 0 Å². The molecule has 110 valence electrons. The van der Waals surface area contributed by atoms with Crippen molar-refractivity contribution >= 4 is 18.0 Å². The fourth-order valence-corrected chi connectivity index (χ4v) is 1.57. The molecule has 5 nitrogen and oxygen atoms in total. The summed E-state index contributed by atoms with van der Waals surface area (Å²) in [5.41, 5.74) is 1.11. The van der Waals surface area contributed by atoms with E-state index in [-0.39, 0.29) is 11.5 Å². The van der Waals surface area contributed by atoms with Gasteiger partial charge >= 0.3 is 5.97 Å². The highest BCUT2D eigenvalue weighted by Gasteiger charge is 2.10. The summed E-state index contributed by atoms with van der Waals surface area (Å²) in [6, 6.07) is 8.42. The van der Waals surface area contributed by atoms with Gasteiger partial charge in [-0.3, -0.25) is 4.79 Å². The van der Waals surface area contributed by atoms with E-state index in [1.807, 2.05) is 13.0 Å². The lowest BCUT2D eigenvalue weighted by molar-refractivity contribution is -0.138. The quantitative estimate of drug-likeness (QED) is 0.376. The number of esters is 1. The Balaban J connectivity index is 2.81. The van der Waals surface area contributed by atoms with E-state index in [1.54, 1.807) is 31.3 Å². The van der Waals surface area contributed by atoms with Crippen molar-refractivity contribution in [2.75, 3.05) is 13.7 Å². The average molecular weight is 286 g/mol. The van der Waals surface area contributed by atoms with Crippen LogP contribution < -0.4 is 5.32 Å². The molecule has 0 heterocycles. The Morgan fingerprint density at radius 2 is 2.00 bits per heavy atom. The SMILES string of the molecule is CCCCOC(=O)/C(C#N)=C\c1ccc(C(=O)NC)cc1. The molecule has 21 heavy (non-hydrogen) atoms. The Morgan fingerprint density at radius 3 is 2.52 bits per heavy atom. The third-order valence-corrected chi connectivity index (χ3v) is 2.78. The van der Waals surface area contributed by atoms with Crippen LogP contribution in [0.5, 0.6) is 0 Å². The second-order valence-electron chi connectivity index (χ2n) is 4.36. The van der Waals surface area contributed by atoms with E-state index in [4.69, 9.17) is 10.00 Å². The van der Waals surface area contributed by atoms with E-state index in [2.05, 4.69) is 5.32 Å². The van der Waals surface area contributed by atoms with Gasteiger partial charge in [-0.1, -0.05) is 25.5 Å². The van der Waals surface area contributed by atoms with Crippen molar-refractivity contribution in [1.82, 2.24) is 5.32 Å². The molecule has 0 aromatic heterocycles. The van der Waals surface area contributed by atoms with Crippen molar-refractivity contribution in [2.24, 2.45) is 0 Å². The number of amides is 1.